The number of aryl methyl sites for hydroxylation is 1. The number of hydrogen-bond donors (Lipinski definition) is 1. The van der Waals surface area contributed by atoms with Crippen LogP contribution in [-0.4, -0.2) is 34.4 Å². The lowest BCUT2D eigenvalue weighted by Crippen LogP contribution is -2.52. The fourth-order valence-electron chi connectivity index (χ4n) is 3.44. The first-order chi connectivity index (χ1) is 17.2. The van der Waals surface area contributed by atoms with Crippen LogP contribution < -0.4 is 5.31 Å². The van der Waals surface area contributed by atoms with Crippen LogP contribution in [0.4, 0.5) is 8.78 Å². The highest BCUT2D eigenvalue weighted by atomic mass is 35.5. The van der Waals surface area contributed by atoms with E-state index < -0.39 is 73.2 Å². The summed E-state index contributed by atoms with van der Waals surface area (Å²) in [4.78, 5) is 50.5. The van der Waals surface area contributed by atoms with Crippen LogP contribution in [0.1, 0.15) is 51.7 Å². The third-order valence-corrected chi connectivity index (χ3v) is 5.37. The number of imide groups is 1. The summed E-state index contributed by atoms with van der Waals surface area (Å²) >= 11 is 5.70. The van der Waals surface area contributed by atoms with Crippen molar-refractivity contribution >= 4 is 35.1 Å². The van der Waals surface area contributed by atoms with E-state index in [0.29, 0.717) is 4.90 Å². The zero-order chi connectivity index (χ0) is 27.4. The maximum Gasteiger partial charge on any atom is 0.330 e. The van der Waals surface area contributed by atoms with Crippen LogP contribution in [0, 0.1) is 0 Å². The van der Waals surface area contributed by atoms with Gasteiger partial charge >= 0.3 is 5.92 Å². The van der Waals surface area contributed by atoms with E-state index in [0.717, 1.165) is 12.1 Å². The van der Waals surface area contributed by atoms with Crippen LogP contribution in [0.2, 0.25) is 6.43 Å². The number of fused-ring (bicyclic) bond motifs is 1. The molecule has 2 aromatic carbocycles. The molecule has 1 saturated heterocycles. The molecule has 3 amide bonds. The molecule has 4 atom stereocenters. The molecule has 166 valence electrons. The Morgan fingerprint density at radius 3 is 2.72 bits per heavy atom. The molecule has 1 N–H and O–H groups in total. The molecular formula is C23H19ClF2N2O4. The summed E-state index contributed by atoms with van der Waals surface area (Å²) in [6, 6.07) is 5.61. The van der Waals surface area contributed by atoms with E-state index >= 15 is 0 Å². The molecule has 6 nitrogen and oxygen atoms in total. The average molecular weight is 466 g/mol. The normalized spacial score (nSPS) is 29.0. The molecule has 0 aromatic heterocycles. The van der Waals surface area contributed by atoms with E-state index in [1.54, 1.807) is 0 Å². The molecule has 0 spiro atoms. The number of nitrogens with zero attached hydrogens (tertiary/aromatic N) is 1. The first-order valence-electron chi connectivity index (χ1n) is 12.1. The van der Waals surface area contributed by atoms with Gasteiger partial charge in [-0.15, -0.1) is 0 Å². The summed E-state index contributed by atoms with van der Waals surface area (Å²) in [7, 11) is 0. The van der Waals surface area contributed by atoms with Crippen molar-refractivity contribution in [2.24, 2.45) is 0 Å². The Labute approximate surface area is 194 Å². The van der Waals surface area contributed by atoms with Crippen molar-refractivity contribution < 1.29 is 34.9 Å². The van der Waals surface area contributed by atoms with Crippen LogP contribution >= 0.6 is 11.6 Å². The molecule has 0 saturated carbocycles. The predicted octanol–water partition coefficient (Wildman–Crippen LogP) is 3.39. The lowest BCUT2D eigenvalue weighted by molar-refractivity contribution is -0.144. The Kier molecular flexibility index (Phi) is 4.34. The summed E-state index contributed by atoms with van der Waals surface area (Å²) < 4.78 is 69.6. The highest BCUT2D eigenvalue weighted by molar-refractivity contribution is 6.30. The molecule has 0 aliphatic carbocycles. The van der Waals surface area contributed by atoms with Crippen LogP contribution in [-0.2, 0) is 33.2 Å². The average Bonchev–Trinajstić information content (AvgIpc) is 3.21. The number of piperidine rings is 1. The van der Waals surface area contributed by atoms with E-state index in [9.17, 15) is 28.0 Å². The highest BCUT2D eigenvalue weighted by Gasteiger charge is 2.41. The van der Waals surface area contributed by atoms with Crippen molar-refractivity contribution in [3.8, 4) is 0 Å². The lowest BCUT2D eigenvalue weighted by Gasteiger charge is -2.29. The van der Waals surface area contributed by atoms with Gasteiger partial charge in [-0.3, -0.25) is 24.5 Å². The summed E-state index contributed by atoms with van der Waals surface area (Å²) in [5.41, 5.74) is -0.226. The maximum atomic E-state index is 14.6. The fourth-order valence-corrected chi connectivity index (χ4v) is 3.57. The molecule has 2 aromatic rings. The molecule has 2 heterocycles. The van der Waals surface area contributed by atoms with Crippen molar-refractivity contribution in [3.05, 3.63) is 69.7 Å². The number of hydrogen-bond acceptors (Lipinski definition) is 4. The number of amides is 3. The molecule has 1 fully saturated rings. The van der Waals surface area contributed by atoms with Crippen LogP contribution in [0.3, 0.4) is 0 Å². The van der Waals surface area contributed by atoms with Gasteiger partial charge in [0.05, 0.1) is 1.37 Å². The summed E-state index contributed by atoms with van der Waals surface area (Å²) in [6.45, 7) is -0.414. The first kappa shape index (κ1) is 16.5. The van der Waals surface area contributed by atoms with E-state index in [1.165, 1.54) is 30.3 Å². The number of carbonyl (C=O) groups excluding carboxylic acids is 4. The van der Waals surface area contributed by atoms with Gasteiger partial charge in [0.25, 0.3) is 5.91 Å². The minimum absolute atomic E-state index is 0.00959. The van der Waals surface area contributed by atoms with Gasteiger partial charge in [0.2, 0.25) is 17.6 Å². The number of ketones is 1. The summed E-state index contributed by atoms with van der Waals surface area (Å²) in [5.74, 6) is -8.94. The topological polar surface area (TPSA) is 83.6 Å². The van der Waals surface area contributed by atoms with Gasteiger partial charge in [-0.2, -0.15) is 8.78 Å². The van der Waals surface area contributed by atoms with Crippen LogP contribution in [0.15, 0.2) is 42.5 Å². The predicted molar refractivity (Wildman–Crippen MR) is 111 cm³/mol. The van der Waals surface area contributed by atoms with E-state index in [2.05, 4.69) is 0 Å². The Morgan fingerprint density at radius 2 is 2.00 bits per heavy atom. The largest absolute Gasteiger partial charge is 0.330 e. The number of halogens is 3. The summed E-state index contributed by atoms with van der Waals surface area (Å²) in [6.07, 6.45) is -6.20. The standard InChI is InChI=1S/C23H19ClF2N2O4/c24-16-5-3-15(4-6-16)23(25,26)19(29)9-2-13-1-7-17-14(11-13)12-28(22(17)32)18-8-10-20(30)27-21(18)31/h1,3-7,11,18H,2,8-10,12H2,(H,27,30,31)/t18-/m1/s1/i2D,8D,10D,18D/hD/t2?,8?,10?,18-. The minimum Gasteiger partial charge on any atom is -0.322 e. The van der Waals surface area contributed by atoms with Gasteiger partial charge in [0, 0.05) is 39.6 Å². The Morgan fingerprint density at radius 1 is 1.28 bits per heavy atom. The molecular weight excluding hydrogens is 442 g/mol. The SMILES string of the molecule is [2H]C(CC(=O)C(F)(F)c1ccc(Cl)cc1)c1ccc2c(c1)CN([C@@]1([2H])C(=O)N([2H])C(=O)C([2H])C1[2H])C2=O. The van der Waals surface area contributed by atoms with Crippen molar-refractivity contribution in [2.75, 3.05) is 0 Å². The molecule has 3 unspecified atom stereocenters. The zero-order valence-electron chi connectivity index (χ0n) is 21.3. The van der Waals surface area contributed by atoms with Gasteiger partial charge in [-0.1, -0.05) is 35.9 Å². The van der Waals surface area contributed by atoms with Crippen molar-refractivity contribution in [1.29, 1.82) is 0 Å². The highest BCUT2D eigenvalue weighted by Crippen LogP contribution is 2.32. The second-order valence-corrected chi connectivity index (χ2v) is 7.63. The third kappa shape index (κ3) is 4.14. The quantitative estimate of drug-likeness (QED) is 0.663. The zero-order valence-corrected chi connectivity index (χ0v) is 17.1. The van der Waals surface area contributed by atoms with Gasteiger partial charge in [0.15, 0.2) is 1.41 Å². The Hall–Kier alpha value is -3.13. The Bertz CT molecular complexity index is 1310. The lowest BCUT2D eigenvalue weighted by atomic mass is 9.97. The van der Waals surface area contributed by atoms with Gasteiger partial charge < -0.3 is 4.90 Å². The smallest absolute Gasteiger partial charge is 0.322 e. The minimum atomic E-state index is -3.86. The van der Waals surface area contributed by atoms with Crippen molar-refractivity contribution in [1.82, 2.24) is 10.2 Å². The summed E-state index contributed by atoms with van der Waals surface area (Å²) in [5, 5.41) is 0.0254. The second kappa shape index (κ2) is 8.43. The molecule has 2 aliphatic rings. The van der Waals surface area contributed by atoms with Crippen molar-refractivity contribution in [2.45, 2.75) is 44.1 Å². The van der Waals surface area contributed by atoms with E-state index in [1.807, 2.05) is 0 Å². The third-order valence-electron chi connectivity index (χ3n) is 5.12. The second-order valence-electron chi connectivity index (χ2n) is 7.19. The number of carbonyl (C=O) groups is 4. The number of nitrogens with one attached hydrogen (secondary N) is 1. The van der Waals surface area contributed by atoms with Crippen molar-refractivity contribution in [3.63, 3.8) is 0 Å². The molecule has 4 rings (SSSR count). The fraction of sp³-hybridized carbons (Fsp3) is 0.304. The van der Waals surface area contributed by atoms with Gasteiger partial charge in [0.1, 0.15) is 6.02 Å². The molecule has 32 heavy (non-hydrogen) atoms. The first-order valence-corrected chi connectivity index (χ1v) is 9.85. The van der Waals surface area contributed by atoms with Crippen LogP contribution in [0.25, 0.3) is 0 Å². The van der Waals surface area contributed by atoms with Gasteiger partial charge in [-0.25, -0.2) is 0 Å². The molecule has 0 bridgehead atoms. The molecule has 2 aliphatic heterocycles. The molecule has 9 heteroatoms. The number of rotatable bonds is 6. The van der Waals surface area contributed by atoms with E-state index in [4.69, 9.17) is 18.5 Å². The monoisotopic (exact) mass is 465 g/mol. The van der Waals surface area contributed by atoms with E-state index in [-0.39, 0.29) is 27.0 Å². The Balaban J connectivity index is 1.56. The van der Waals surface area contributed by atoms with Gasteiger partial charge in [-0.05, 0) is 42.1 Å². The molecule has 0 radical (unpaired) electrons. The number of benzene rings is 2. The maximum absolute atomic E-state index is 14.6. The number of Topliss-reactive ketones (excluding diaryl/α,β-unsaturated/α-hetero) is 1. The van der Waals surface area contributed by atoms with Crippen LogP contribution in [0.5, 0.6) is 0 Å². The number of alkyl halides is 2.